The molecule has 3 aliphatic rings. The van der Waals surface area contributed by atoms with Crippen molar-refractivity contribution in [1.82, 2.24) is 4.90 Å². The zero-order chi connectivity index (χ0) is 30.2. The lowest BCUT2D eigenvalue weighted by Gasteiger charge is -2.49. The number of methoxy groups -OCH3 is 2. The van der Waals surface area contributed by atoms with Gasteiger partial charge in [0.05, 0.1) is 11.6 Å². The molecule has 0 N–H and O–H groups in total. The molecule has 2 aliphatic carbocycles. The minimum absolute atomic E-state index is 0.117. The van der Waals surface area contributed by atoms with Crippen LogP contribution in [-0.4, -0.2) is 43.8 Å². The van der Waals surface area contributed by atoms with Crippen LogP contribution in [0, 0.1) is 10.8 Å². The van der Waals surface area contributed by atoms with Crippen molar-refractivity contribution >= 4 is 27.5 Å². The highest BCUT2D eigenvalue weighted by Crippen LogP contribution is 2.55. The summed E-state index contributed by atoms with van der Waals surface area (Å²) in [6.45, 7) is 10.4. The molecule has 0 fully saturated rings. The number of ketones is 2. The van der Waals surface area contributed by atoms with Gasteiger partial charge in [0.15, 0.2) is 23.1 Å². The van der Waals surface area contributed by atoms with E-state index in [1.54, 1.807) is 14.2 Å². The van der Waals surface area contributed by atoms with Crippen LogP contribution < -0.4 is 9.47 Å². The lowest BCUT2D eigenvalue weighted by molar-refractivity contribution is -0.119. The molecular formula is C35H42BrNO5. The van der Waals surface area contributed by atoms with E-state index in [2.05, 4.69) is 48.5 Å². The average molecular weight is 637 g/mol. The first-order chi connectivity index (χ1) is 19.9. The second kappa shape index (κ2) is 12.0. The van der Waals surface area contributed by atoms with Gasteiger partial charge < -0.3 is 19.1 Å². The van der Waals surface area contributed by atoms with Crippen LogP contribution in [0.2, 0.25) is 0 Å². The Balaban J connectivity index is 1.65. The van der Waals surface area contributed by atoms with Crippen LogP contribution >= 0.6 is 15.9 Å². The molecule has 0 saturated carbocycles. The number of carbonyl (C=O) groups excluding carboxylic acids is 2. The first-order valence-corrected chi connectivity index (χ1v) is 15.6. The van der Waals surface area contributed by atoms with Crippen LogP contribution in [0.3, 0.4) is 0 Å². The molecule has 1 aliphatic heterocycles. The molecule has 1 heterocycles. The second-order valence-electron chi connectivity index (χ2n) is 13.3. The minimum atomic E-state index is -0.450. The third-order valence-electron chi connectivity index (χ3n) is 8.56. The summed E-state index contributed by atoms with van der Waals surface area (Å²) in [6, 6.07) is 13.9. The normalized spacial score (nSPS) is 20.0. The maximum Gasteiger partial charge on any atom is 0.175 e. The summed E-state index contributed by atoms with van der Waals surface area (Å²) in [5.74, 6) is 0.944. The molecule has 42 heavy (non-hydrogen) atoms. The van der Waals surface area contributed by atoms with Crippen LogP contribution in [-0.2, 0) is 20.9 Å². The quantitative estimate of drug-likeness (QED) is 0.262. The fourth-order valence-corrected chi connectivity index (χ4v) is 7.37. The molecule has 0 spiro atoms. The van der Waals surface area contributed by atoms with E-state index < -0.39 is 5.92 Å². The molecule has 2 aromatic rings. The second-order valence-corrected chi connectivity index (χ2v) is 14.2. The van der Waals surface area contributed by atoms with Crippen molar-refractivity contribution < 1.29 is 23.8 Å². The van der Waals surface area contributed by atoms with Gasteiger partial charge in [-0.15, -0.1) is 0 Å². The SMILES string of the molecule is COCCCN1C2=C(C(=O)CC(C)(C)C2)C(c2cc(Br)c(OCc3ccccc3)c(OC)c2)C2=C1CC(C)(C)CC2=O. The molecule has 0 saturated heterocycles. The molecular weight excluding hydrogens is 594 g/mol. The van der Waals surface area contributed by atoms with Gasteiger partial charge in [0, 0.05) is 61.6 Å². The van der Waals surface area contributed by atoms with Crippen LogP contribution in [0.5, 0.6) is 11.5 Å². The van der Waals surface area contributed by atoms with Crippen molar-refractivity contribution in [3.05, 3.63) is 80.6 Å². The van der Waals surface area contributed by atoms with Crippen molar-refractivity contribution in [2.75, 3.05) is 27.4 Å². The number of benzene rings is 2. The number of hydrogen-bond acceptors (Lipinski definition) is 6. The summed E-state index contributed by atoms with van der Waals surface area (Å²) in [4.78, 5) is 30.4. The molecule has 6 nitrogen and oxygen atoms in total. The Morgan fingerprint density at radius 2 is 1.48 bits per heavy atom. The minimum Gasteiger partial charge on any atom is -0.493 e. The highest BCUT2D eigenvalue weighted by molar-refractivity contribution is 9.10. The Labute approximate surface area is 258 Å². The van der Waals surface area contributed by atoms with Crippen molar-refractivity contribution in [3.63, 3.8) is 0 Å². The van der Waals surface area contributed by atoms with E-state index in [0.717, 1.165) is 57.4 Å². The number of ether oxygens (including phenoxy) is 3. The molecule has 2 aromatic carbocycles. The van der Waals surface area contributed by atoms with Gasteiger partial charge in [0.1, 0.15) is 6.61 Å². The summed E-state index contributed by atoms with van der Waals surface area (Å²) < 4.78 is 18.2. The zero-order valence-electron chi connectivity index (χ0n) is 25.6. The molecule has 0 bridgehead atoms. The molecule has 7 heteroatoms. The zero-order valence-corrected chi connectivity index (χ0v) is 27.2. The Bertz CT molecular complexity index is 1380. The van der Waals surface area contributed by atoms with Gasteiger partial charge in [-0.2, -0.15) is 0 Å². The smallest absolute Gasteiger partial charge is 0.175 e. The lowest BCUT2D eigenvalue weighted by Crippen LogP contribution is -2.44. The number of allylic oxidation sites excluding steroid dienone is 4. The summed E-state index contributed by atoms with van der Waals surface area (Å²) >= 11 is 3.74. The van der Waals surface area contributed by atoms with Crippen LogP contribution in [0.1, 0.15) is 76.8 Å². The number of rotatable bonds is 9. The van der Waals surface area contributed by atoms with E-state index in [9.17, 15) is 9.59 Å². The molecule has 5 rings (SSSR count). The maximum atomic E-state index is 14.1. The van der Waals surface area contributed by atoms with E-state index in [0.29, 0.717) is 44.1 Å². The first-order valence-electron chi connectivity index (χ1n) is 14.8. The Hall–Kier alpha value is -2.90. The monoisotopic (exact) mass is 635 g/mol. The predicted molar refractivity (Wildman–Crippen MR) is 168 cm³/mol. The third-order valence-corrected chi connectivity index (χ3v) is 9.15. The molecule has 224 valence electrons. The average Bonchev–Trinajstić information content (AvgIpc) is 2.91. The summed E-state index contributed by atoms with van der Waals surface area (Å²) in [7, 11) is 3.33. The van der Waals surface area contributed by atoms with E-state index in [-0.39, 0.29) is 22.4 Å². The summed E-state index contributed by atoms with van der Waals surface area (Å²) in [5, 5.41) is 0. The number of nitrogens with zero attached hydrogens (tertiary/aromatic N) is 1. The highest BCUT2D eigenvalue weighted by atomic mass is 79.9. The van der Waals surface area contributed by atoms with Crippen LogP contribution in [0.4, 0.5) is 0 Å². The number of Topliss-reactive ketones (excluding diaryl/α,β-unsaturated/α-hetero) is 2. The lowest BCUT2D eigenvalue weighted by atomic mass is 9.63. The predicted octanol–water partition coefficient (Wildman–Crippen LogP) is 7.76. The van der Waals surface area contributed by atoms with Gasteiger partial charge in [-0.3, -0.25) is 9.59 Å². The maximum absolute atomic E-state index is 14.1. The van der Waals surface area contributed by atoms with Crippen LogP contribution in [0.25, 0.3) is 0 Å². The van der Waals surface area contributed by atoms with Gasteiger partial charge in [0.25, 0.3) is 0 Å². The summed E-state index contributed by atoms with van der Waals surface area (Å²) in [6.07, 6.45) is 3.27. The van der Waals surface area contributed by atoms with Gasteiger partial charge in [-0.25, -0.2) is 0 Å². The van der Waals surface area contributed by atoms with Gasteiger partial charge in [-0.1, -0.05) is 58.0 Å². The van der Waals surface area contributed by atoms with E-state index in [1.807, 2.05) is 42.5 Å². The fraction of sp³-hybridized carbons (Fsp3) is 0.486. The molecule has 0 aromatic heterocycles. The number of halogens is 1. The van der Waals surface area contributed by atoms with Gasteiger partial charge in [0.2, 0.25) is 0 Å². The first kappa shape index (κ1) is 30.6. The van der Waals surface area contributed by atoms with Gasteiger partial charge >= 0.3 is 0 Å². The Morgan fingerprint density at radius 3 is 2.02 bits per heavy atom. The van der Waals surface area contributed by atoms with Crippen LogP contribution in [0.15, 0.2) is 69.5 Å². The molecule has 0 atom stereocenters. The Morgan fingerprint density at radius 1 is 0.881 bits per heavy atom. The largest absolute Gasteiger partial charge is 0.493 e. The van der Waals surface area contributed by atoms with Crippen molar-refractivity contribution in [2.24, 2.45) is 10.8 Å². The van der Waals surface area contributed by atoms with Crippen molar-refractivity contribution in [1.29, 1.82) is 0 Å². The fourth-order valence-electron chi connectivity index (χ4n) is 6.79. The third kappa shape index (κ3) is 6.09. The van der Waals surface area contributed by atoms with E-state index in [4.69, 9.17) is 14.2 Å². The topological polar surface area (TPSA) is 65.1 Å². The number of hydrogen-bond donors (Lipinski definition) is 0. The molecule has 0 amide bonds. The standard InChI is InChI=1S/C35H42BrNO5/c1-34(2)17-25-31(27(38)19-34)30(32-26(37(25)13-10-14-40-5)18-35(3,4)20-28(32)39)23-15-24(36)33(29(16-23)41-6)42-21-22-11-8-7-9-12-22/h7-9,11-12,15-16,30H,10,13-14,17-21H2,1-6H3. The van der Waals surface area contributed by atoms with E-state index >= 15 is 0 Å². The molecule has 0 unspecified atom stereocenters. The number of carbonyl (C=O) groups is 2. The summed E-state index contributed by atoms with van der Waals surface area (Å²) in [5.41, 5.74) is 5.20. The van der Waals surface area contributed by atoms with Crippen molar-refractivity contribution in [3.8, 4) is 11.5 Å². The van der Waals surface area contributed by atoms with Gasteiger partial charge in [-0.05, 0) is 69.3 Å². The van der Waals surface area contributed by atoms with E-state index in [1.165, 1.54) is 0 Å². The molecule has 0 radical (unpaired) electrons. The highest BCUT2D eigenvalue weighted by Gasteiger charge is 2.49. The Kier molecular flexibility index (Phi) is 8.73. The van der Waals surface area contributed by atoms with Crippen molar-refractivity contribution in [2.45, 2.75) is 72.3 Å².